The number of halogens is 6. The first-order valence-corrected chi connectivity index (χ1v) is 11.2. The molecule has 1 unspecified atom stereocenters. The molecule has 0 aliphatic carbocycles. The molecular weight excluding hydrogens is 518 g/mol. The molecule has 0 aromatic heterocycles. The number of carbonyl (C=O) groups excluding carboxylic acids is 2. The molecule has 38 heavy (non-hydrogen) atoms. The van der Waals surface area contributed by atoms with E-state index in [9.17, 15) is 35.9 Å². The van der Waals surface area contributed by atoms with Gasteiger partial charge in [0, 0.05) is 18.5 Å². The van der Waals surface area contributed by atoms with Crippen LogP contribution in [0.5, 0.6) is 11.5 Å². The van der Waals surface area contributed by atoms with Gasteiger partial charge in [0.15, 0.2) is 0 Å². The van der Waals surface area contributed by atoms with Crippen LogP contribution in [0, 0.1) is 0 Å². The predicted octanol–water partition coefficient (Wildman–Crippen LogP) is 4.97. The molecule has 0 heterocycles. The summed E-state index contributed by atoms with van der Waals surface area (Å²) in [7, 11) is 0. The molecule has 3 rings (SSSR count). The lowest BCUT2D eigenvalue weighted by atomic mass is 10.0. The summed E-state index contributed by atoms with van der Waals surface area (Å²) < 4.78 is 82.0. The van der Waals surface area contributed by atoms with Crippen molar-refractivity contribution in [1.82, 2.24) is 10.6 Å². The van der Waals surface area contributed by atoms with Crippen LogP contribution >= 0.6 is 0 Å². The van der Waals surface area contributed by atoms with Gasteiger partial charge in [0.05, 0.1) is 17.7 Å². The van der Waals surface area contributed by atoms with Gasteiger partial charge in [-0.2, -0.15) is 26.3 Å². The fraction of sp³-hybridized carbons (Fsp3) is 0.231. The second kappa shape index (κ2) is 12.0. The molecule has 0 fully saturated rings. The van der Waals surface area contributed by atoms with Gasteiger partial charge in [-0.1, -0.05) is 12.1 Å². The molecule has 0 radical (unpaired) electrons. The van der Waals surface area contributed by atoms with E-state index in [-0.39, 0.29) is 36.6 Å². The summed E-state index contributed by atoms with van der Waals surface area (Å²) >= 11 is 0. The van der Waals surface area contributed by atoms with Crippen LogP contribution in [-0.4, -0.2) is 36.1 Å². The van der Waals surface area contributed by atoms with Gasteiger partial charge < -0.3 is 20.5 Å². The molecule has 0 bridgehead atoms. The topological polar surface area (TPSA) is 87.7 Å². The van der Waals surface area contributed by atoms with Gasteiger partial charge in [-0.05, 0) is 66.2 Å². The predicted molar refractivity (Wildman–Crippen MR) is 124 cm³/mol. The third-order valence-corrected chi connectivity index (χ3v) is 5.29. The van der Waals surface area contributed by atoms with Crippen LogP contribution in [0.4, 0.5) is 26.3 Å². The van der Waals surface area contributed by atoms with Crippen molar-refractivity contribution in [2.75, 3.05) is 13.2 Å². The summed E-state index contributed by atoms with van der Waals surface area (Å²) in [6.45, 7) is -0.443. The van der Waals surface area contributed by atoms with Crippen molar-refractivity contribution in [3.8, 4) is 11.5 Å². The molecular formula is C26H22F6N2O4. The quantitative estimate of drug-likeness (QED) is 0.335. The molecule has 6 nitrogen and oxygen atoms in total. The summed E-state index contributed by atoms with van der Waals surface area (Å²) in [6, 6.07) is 12.6. The average Bonchev–Trinajstić information content (AvgIpc) is 2.87. The van der Waals surface area contributed by atoms with E-state index in [1.54, 1.807) is 0 Å². The van der Waals surface area contributed by atoms with Crippen molar-refractivity contribution < 1.29 is 45.8 Å². The first-order valence-electron chi connectivity index (χ1n) is 11.2. The average molecular weight is 540 g/mol. The first kappa shape index (κ1) is 28.5. The Kier molecular flexibility index (Phi) is 9.00. The summed E-state index contributed by atoms with van der Waals surface area (Å²) in [5.74, 6) is -0.924. The first-order chi connectivity index (χ1) is 17.9. The molecule has 0 saturated heterocycles. The highest BCUT2D eigenvalue weighted by Crippen LogP contribution is 2.32. The summed E-state index contributed by atoms with van der Waals surface area (Å²) in [4.78, 5) is 25.3. The van der Waals surface area contributed by atoms with Gasteiger partial charge in [0.2, 0.25) is 5.91 Å². The smallest absolute Gasteiger partial charge is 0.416 e. The number of rotatable bonds is 9. The van der Waals surface area contributed by atoms with Gasteiger partial charge >= 0.3 is 12.4 Å². The van der Waals surface area contributed by atoms with Crippen LogP contribution in [0.1, 0.15) is 27.0 Å². The Morgan fingerprint density at radius 1 is 0.763 bits per heavy atom. The van der Waals surface area contributed by atoms with Gasteiger partial charge in [-0.25, -0.2) is 0 Å². The molecule has 3 aromatic carbocycles. The van der Waals surface area contributed by atoms with Crippen molar-refractivity contribution >= 4 is 11.8 Å². The Morgan fingerprint density at radius 2 is 1.24 bits per heavy atom. The number of hydrogen-bond acceptors (Lipinski definition) is 4. The standard InChI is InChI=1S/C26H22F6N2O4/c27-25(28,29)18-5-1-16(2-6-18)15-22(24(37)33-13-14-35)34-23(36)17-3-9-20(10-4-17)38-21-11-7-19(8-12-21)26(30,31)32/h1-12,22,35H,13-15H2,(H,33,37)(H,34,36). The molecule has 2 amide bonds. The molecule has 0 aliphatic heterocycles. The van der Waals surface area contributed by atoms with Crippen molar-refractivity contribution in [3.63, 3.8) is 0 Å². The van der Waals surface area contributed by atoms with Gasteiger partial charge in [-0.3, -0.25) is 9.59 Å². The Balaban J connectivity index is 1.68. The van der Waals surface area contributed by atoms with Crippen LogP contribution in [0.3, 0.4) is 0 Å². The zero-order valence-electron chi connectivity index (χ0n) is 19.6. The minimum atomic E-state index is -4.52. The highest BCUT2D eigenvalue weighted by molar-refractivity contribution is 5.97. The Labute approximate surface area is 213 Å². The zero-order chi connectivity index (χ0) is 27.9. The van der Waals surface area contributed by atoms with E-state index in [4.69, 9.17) is 9.84 Å². The number of amides is 2. The van der Waals surface area contributed by atoms with E-state index in [0.717, 1.165) is 36.4 Å². The number of ether oxygens (including phenoxy) is 1. The van der Waals surface area contributed by atoms with E-state index >= 15 is 0 Å². The Morgan fingerprint density at radius 3 is 1.71 bits per heavy atom. The lowest BCUT2D eigenvalue weighted by molar-refractivity contribution is -0.138. The summed E-state index contributed by atoms with van der Waals surface area (Å²) in [5, 5.41) is 13.9. The molecule has 3 aromatic rings. The van der Waals surface area contributed by atoms with Gasteiger partial charge in [-0.15, -0.1) is 0 Å². The van der Waals surface area contributed by atoms with Crippen molar-refractivity contribution in [2.45, 2.75) is 24.8 Å². The number of carbonyl (C=O) groups is 2. The largest absolute Gasteiger partial charge is 0.457 e. The van der Waals surface area contributed by atoms with Crippen molar-refractivity contribution in [1.29, 1.82) is 0 Å². The van der Waals surface area contributed by atoms with Crippen LogP contribution < -0.4 is 15.4 Å². The lowest BCUT2D eigenvalue weighted by Crippen LogP contribution is -2.48. The normalized spacial score (nSPS) is 12.5. The summed E-state index contributed by atoms with van der Waals surface area (Å²) in [5.41, 5.74) is -1.20. The second-order valence-corrected chi connectivity index (χ2v) is 8.09. The fourth-order valence-corrected chi connectivity index (χ4v) is 3.34. The van der Waals surface area contributed by atoms with Gasteiger partial charge in [0.1, 0.15) is 17.5 Å². The number of benzene rings is 3. The molecule has 0 aliphatic rings. The maximum absolute atomic E-state index is 12.8. The van der Waals surface area contributed by atoms with Crippen LogP contribution in [0.15, 0.2) is 72.8 Å². The highest BCUT2D eigenvalue weighted by Gasteiger charge is 2.31. The van der Waals surface area contributed by atoms with E-state index in [0.29, 0.717) is 5.56 Å². The summed E-state index contributed by atoms with van der Waals surface area (Å²) in [6.07, 6.45) is -9.11. The minimum absolute atomic E-state index is 0.0891. The minimum Gasteiger partial charge on any atom is -0.457 e. The van der Waals surface area contributed by atoms with E-state index in [1.165, 1.54) is 36.4 Å². The number of aliphatic hydroxyl groups excluding tert-OH is 1. The van der Waals surface area contributed by atoms with Gasteiger partial charge in [0.25, 0.3) is 5.91 Å². The number of alkyl halides is 6. The maximum atomic E-state index is 12.8. The zero-order valence-corrected chi connectivity index (χ0v) is 19.6. The van der Waals surface area contributed by atoms with Crippen LogP contribution in [0.25, 0.3) is 0 Å². The third kappa shape index (κ3) is 7.97. The number of hydrogen-bond donors (Lipinski definition) is 3. The molecule has 0 saturated carbocycles. The molecule has 12 heteroatoms. The molecule has 0 spiro atoms. The van der Waals surface area contributed by atoms with Crippen LogP contribution in [0.2, 0.25) is 0 Å². The highest BCUT2D eigenvalue weighted by atomic mass is 19.4. The molecule has 3 N–H and O–H groups in total. The fourth-order valence-electron chi connectivity index (χ4n) is 3.34. The second-order valence-electron chi connectivity index (χ2n) is 8.09. The SMILES string of the molecule is O=C(NC(Cc1ccc(C(F)(F)F)cc1)C(=O)NCCO)c1ccc(Oc2ccc(C(F)(F)F)cc2)cc1. The van der Waals surface area contributed by atoms with Crippen LogP contribution in [-0.2, 0) is 23.6 Å². The van der Waals surface area contributed by atoms with E-state index < -0.39 is 41.3 Å². The van der Waals surface area contributed by atoms with Crippen molar-refractivity contribution in [3.05, 3.63) is 95.1 Å². The monoisotopic (exact) mass is 540 g/mol. The third-order valence-electron chi connectivity index (χ3n) is 5.29. The Bertz CT molecular complexity index is 1230. The Hall–Kier alpha value is -4.06. The van der Waals surface area contributed by atoms with Crippen molar-refractivity contribution in [2.24, 2.45) is 0 Å². The van der Waals surface area contributed by atoms with E-state index in [2.05, 4.69) is 10.6 Å². The molecule has 202 valence electrons. The number of nitrogens with one attached hydrogen (secondary N) is 2. The molecule has 1 atom stereocenters. The maximum Gasteiger partial charge on any atom is 0.416 e. The van der Waals surface area contributed by atoms with E-state index in [1.807, 2.05) is 0 Å². The number of aliphatic hydroxyl groups is 1. The lowest BCUT2D eigenvalue weighted by Gasteiger charge is -2.19.